The van der Waals surface area contributed by atoms with E-state index in [9.17, 15) is 9.90 Å². The predicted molar refractivity (Wildman–Crippen MR) is 72.0 cm³/mol. The van der Waals surface area contributed by atoms with E-state index in [0.717, 1.165) is 18.7 Å². The number of rotatable bonds is 5. The molecule has 0 saturated heterocycles. The van der Waals surface area contributed by atoms with Gasteiger partial charge in [0.05, 0.1) is 17.9 Å². The van der Waals surface area contributed by atoms with Gasteiger partial charge in [0.15, 0.2) is 0 Å². The zero-order valence-electron chi connectivity index (χ0n) is 11.0. The van der Waals surface area contributed by atoms with Crippen LogP contribution < -0.4 is 4.90 Å². The summed E-state index contributed by atoms with van der Waals surface area (Å²) in [7, 11) is 0. The average Bonchev–Trinajstić information content (AvgIpc) is 2.26. The lowest BCUT2D eigenvalue weighted by Gasteiger charge is -2.24. The topological polar surface area (TPSA) is 53.4 Å². The summed E-state index contributed by atoms with van der Waals surface area (Å²) in [5.74, 6) is 1.60. The Morgan fingerprint density at radius 2 is 2.22 bits per heavy atom. The van der Waals surface area contributed by atoms with E-state index < -0.39 is 5.97 Å². The van der Waals surface area contributed by atoms with Gasteiger partial charge >= 0.3 is 5.97 Å². The van der Waals surface area contributed by atoms with E-state index in [1.165, 1.54) is 0 Å². The molecule has 0 spiro atoms. The first-order valence-electron chi connectivity index (χ1n) is 5.91. The van der Waals surface area contributed by atoms with Crippen LogP contribution in [0.5, 0.6) is 0 Å². The standard InChI is InChI=1S/C14H18N2O2/c1-5-7-16(8-6-2)12-9-10(3)15-11(4)13(12)14(17)18/h1,9H,6-8H2,2-4H3,(H,17,18). The SMILES string of the molecule is C#CCN(CCC)c1cc(C)nc(C)c1C(=O)O. The fraction of sp³-hybridized carbons (Fsp3) is 0.429. The van der Waals surface area contributed by atoms with Crippen LogP contribution >= 0.6 is 0 Å². The molecule has 4 heteroatoms. The summed E-state index contributed by atoms with van der Waals surface area (Å²) in [6.45, 7) is 6.72. The van der Waals surface area contributed by atoms with Crippen molar-refractivity contribution in [3.8, 4) is 12.3 Å². The van der Waals surface area contributed by atoms with Crippen LogP contribution in [0.2, 0.25) is 0 Å². The number of terminal acetylenes is 1. The van der Waals surface area contributed by atoms with Crippen molar-refractivity contribution < 1.29 is 9.90 Å². The second kappa shape index (κ2) is 6.06. The summed E-state index contributed by atoms with van der Waals surface area (Å²) in [5, 5.41) is 9.30. The highest BCUT2D eigenvalue weighted by Gasteiger charge is 2.19. The van der Waals surface area contributed by atoms with Crippen molar-refractivity contribution in [3.63, 3.8) is 0 Å². The van der Waals surface area contributed by atoms with Crippen LogP contribution in [0, 0.1) is 26.2 Å². The molecular weight excluding hydrogens is 228 g/mol. The largest absolute Gasteiger partial charge is 0.478 e. The zero-order valence-corrected chi connectivity index (χ0v) is 11.0. The van der Waals surface area contributed by atoms with Crippen LogP contribution in [0.15, 0.2) is 6.07 Å². The number of aryl methyl sites for hydroxylation is 2. The molecule has 1 heterocycles. The molecule has 18 heavy (non-hydrogen) atoms. The van der Waals surface area contributed by atoms with Gasteiger partial charge in [-0.3, -0.25) is 4.98 Å². The van der Waals surface area contributed by atoms with Crippen molar-refractivity contribution in [1.82, 2.24) is 4.98 Å². The molecule has 0 aliphatic heterocycles. The number of aromatic carboxylic acids is 1. The van der Waals surface area contributed by atoms with Crippen molar-refractivity contribution in [2.75, 3.05) is 18.0 Å². The molecule has 1 aromatic rings. The molecule has 0 aliphatic carbocycles. The molecule has 1 rings (SSSR count). The Balaban J connectivity index is 3.35. The number of anilines is 1. The molecular formula is C14H18N2O2. The monoisotopic (exact) mass is 246 g/mol. The van der Waals surface area contributed by atoms with Gasteiger partial charge in [-0.2, -0.15) is 0 Å². The Morgan fingerprint density at radius 3 is 2.72 bits per heavy atom. The van der Waals surface area contributed by atoms with E-state index in [-0.39, 0.29) is 5.56 Å². The molecule has 0 unspecified atom stereocenters. The Labute approximate surface area is 108 Å². The zero-order chi connectivity index (χ0) is 13.7. The number of hydrogen-bond acceptors (Lipinski definition) is 3. The number of nitrogens with zero attached hydrogens (tertiary/aromatic N) is 2. The van der Waals surface area contributed by atoms with Crippen molar-refractivity contribution in [2.24, 2.45) is 0 Å². The highest BCUT2D eigenvalue weighted by Crippen LogP contribution is 2.24. The van der Waals surface area contributed by atoms with Gasteiger partial charge in [-0.15, -0.1) is 6.42 Å². The van der Waals surface area contributed by atoms with Gasteiger partial charge in [-0.1, -0.05) is 12.8 Å². The fourth-order valence-corrected chi connectivity index (χ4v) is 1.99. The first kappa shape index (κ1) is 14.0. The number of carboxylic acids is 1. The molecule has 0 saturated carbocycles. The summed E-state index contributed by atoms with van der Waals surface area (Å²) in [6, 6.07) is 1.78. The third-order valence-corrected chi connectivity index (χ3v) is 2.64. The Hall–Kier alpha value is -2.02. The van der Waals surface area contributed by atoms with Crippen LogP contribution in [0.25, 0.3) is 0 Å². The van der Waals surface area contributed by atoms with Crippen molar-refractivity contribution in [2.45, 2.75) is 27.2 Å². The minimum Gasteiger partial charge on any atom is -0.478 e. The van der Waals surface area contributed by atoms with Gasteiger partial charge in [0.25, 0.3) is 0 Å². The number of carboxylic acid groups (broad SMARTS) is 1. The molecule has 0 aromatic carbocycles. The van der Waals surface area contributed by atoms with Crippen LogP contribution in [-0.4, -0.2) is 29.1 Å². The van der Waals surface area contributed by atoms with Gasteiger partial charge < -0.3 is 10.0 Å². The van der Waals surface area contributed by atoms with Crippen LogP contribution in [-0.2, 0) is 0 Å². The Morgan fingerprint density at radius 1 is 1.56 bits per heavy atom. The molecule has 0 atom stereocenters. The van der Waals surface area contributed by atoms with E-state index in [2.05, 4.69) is 10.9 Å². The van der Waals surface area contributed by atoms with Gasteiger partial charge in [-0.05, 0) is 26.3 Å². The quantitative estimate of drug-likeness (QED) is 0.810. The van der Waals surface area contributed by atoms with Gasteiger partial charge in [0.1, 0.15) is 5.56 Å². The fourth-order valence-electron chi connectivity index (χ4n) is 1.99. The van der Waals surface area contributed by atoms with Crippen LogP contribution in [0.4, 0.5) is 5.69 Å². The highest BCUT2D eigenvalue weighted by atomic mass is 16.4. The molecule has 96 valence electrons. The molecule has 1 aromatic heterocycles. The summed E-state index contributed by atoms with van der Waals surface area (Å²) in [5.41, 5.74) is 2.22. The Bertz CT molecular complexity index is 489. The first-order valence-corrected chi connectivity index (χ1v) is 5.91. The molecule has 0 fully saturated rings. The van der Waals surface area contributed by atoms with E-state index in [0.29, 0.717) is 17.9 Å². The van der Waals surface area contributed by atoms with Crippen LogP contribution in [0.1, 0.15) is 35.1 Å². The number of carbonyl (C=O) groups is 1. The second-order valence-corrected chi connectivity index (χ2v) is 4.17. The smallest absolute Gasteiger partial charge is 0.339 e. The summed E-state index contributed by atoms with van der Waals surface area (Å²) in [4.78, 5) is 17.5. The maximum absolute atomic E-state index is 11.3. The third kappa shape index (κ3) is 3.01. The highest BCUT2D eigenvalue weighted by molar-refractivity contribution is 5.95. The Kier molecular flexibility index (Phi) is 4.73. The van der Waals surface area contributed by atoms with Gasteiger partial charge in [0.2, 0.25) is 0 Å². The van der Waals surface area contributed by atoms with Crippen molar-refractivity contribution in [3.05, 3.63) is 23.0 Å². The maximum atomic E-state index is 11.3. The lowest BCUT2D eigenvalue weighted by atomic mass is 10.1. The third-order valence-electron chi connectivity index (χ3n) is 2.64. The first-order chi connectivity index (χ1) is 8.51. The minimum atomic E-state index is -0.965. The van der Waals surface area contributed by atoms with E-state index >= 15 is 0 Å². The summed E-state index contributed by atoms with van der Waals surface area (Å²) in [6.07, 6.45) is 6.25. The minimum absolute atomic E-state index is 0.240. The molecule has 0 aliphatic rings. The molecule has 0 bridgehead atoms. The van der Waals surface area contributed by atoms with E-state index in [1.54, 1.807) is 13.0 Å². The lowest BCUT2D eigenvalue weighted by molar-refractivity contribution is 0.0696. The summed E-state index contributed by atoms with van der Waals surface area (Å²) >= 11 is 0. The van der Waals surface area contributed by atoms with E-state index in [4.69, 9.17) is 6.42 Å². The van der Waals surface area contributed by atoms with Crippen molar-refractivity contribution >= 4 is 11.7 Å². The van der Waals surface area contributed by atoms with Crippen LogP contribution in [0.3, 0.4) is 0 Å². The molecule has 0 radical (unpaired) electrons. The summed E-state index contributed by atoms with van der Waals surface area (Å²) < 4.78 is 0. The second-order valence-electron chi connectivity index (χ2n) is 4.17. The normalized spacial score (nSPS) is 9.89. The number of pyridine rings is 1. The molecule has 1 N–H and O–H groups in total. The maximum Gasteiger partial charge on any atom is 0.339 e. The van der Waals surface area contributed by atoms with Gasteiger partial charge in [-0.25, -0.2) is 4.79 Å². The van der Waals surface area contributed by atoms with E-state index in [1.807, 2.05) is 18.7 Å². The number of aromatic nitrogens is 1. The average molecular weight is 246 g/mol. The number of hydrogen-bond donors (Lipinski definition) is 1. The van der Waals surface area contributed by atoms with Crippen molar-refractivity contribution in [1.29, 1.82) is 0 Å². The lowest BCUT2D eigenvalue weighted by Crippen LogP contribution is -2.27. The molecule has 4 nitrogen and oxygen atoms in total. The predicted octanol–water partition coefficient (Wildman–Crippen LogP) is 2.25. The van der Waals surface area contributed by atoms with Gasteiger partial charge in [0, 0.05) is 12.2 Å². The molecule has 0 amide bonds.